The molecule has 25 heavy (non-hydrogen) atoms. The maximum Gasteiger partial charge on any atom is 0.111 e. The van der Waals surface area contributed by atoms with Crippen LogP contribution in [0.15, 0.2) is 71.8 Å². The van der Waals surface area contributed by atoms with E-state index < -0.39 is 0 Å². The second-order valence-corrected chi connectivity index (χ2v) is 6.03. The standard InChI is InChI=1S/C24H12O/c1-3-7-19-11-13-21-22(24-16-15-23(21)25-24)14-12-20-8-4-2-6-18(20)10-9-17(19)5-1/h1-8,15-16,23-24H/t23-,24+. The second-order valence-electron chi connectivity index (χ2n) is 6.03. The third-order valence-electron chi connectivity index (χ3n) is 4.46. The SMILES string of the molecule is C1#Cc2ccccc2C#Cc2ccccc2C#CC2=C1[C@@H]1C=C[C@H]2O1. The second kappa shape index (κ2) is 5.58. The van der Waals surface area contributed by atoms with Crippen LogP contribution < -0.4 is 0 Å². The Balaban J connectivity index is 1.78. The van der Waals surface area contributed by atoms with Crippen LogP contribution >= 0.6 is 0 Å². The molecule has 0 saturated heterocycles. The molecule has 2 aromatic carbocycles. The van der Waals surface area contributed by atoms with Crippen molar-refractivity contribution in [1.29, 1.82) is 0 Å². The highest BCUT2D eigenvalue weighted by molar-refractivity contribution is 5.63. The van der Waals surface area contributed by atoms with Crippen molar-refractivity contribution in [3.05, 3.63) is 94.1 Å². The van der Waals surface area contributed by atoms with Crippen LogP contribution in [-0.2, 0) is 4.74 Å². The van der Waals surface area contributed by atoms with Gasteiger partial charge in [-0.05, 0) is 24.3 Å². The summed E-state index contributed by atoms with van der Waals surface area (Å²) < 4.78 is 5.93. The molecule has 1 aliphatic carbocycles. The van der Waals surface area contributed by atoms with Crippen LogP contribution in [0.3, 0.4) is 0 Å². The van der Waals surface area contributed by atoms with E-state index in [1.165, 1.54) is 0 Å². The molecule has 2 heterocycles. The molecule has 0 unspecified atom stereocenters. The van der Waals surface area contributed by atoms with Gasteiger partial charge in [-0.1, -0.05) is 71.9 Å². The minimum Gasteiger partial charge on any atom is -0.356 e. The van der Waals surface area contributed by atoms with Crippen LogP contribution in [0.1, 0.15) is 22.3 Å². The Hall–Kier alpha value is -3.44. The zero-order valence-electron chi connectivity index (χ0n) is 13.3. The van der Waals surface area contributed by atoms with Crippen molar-refractivity contribution in [2.24, 2.45) is 0 Å². The first-order chi connectivity index (χ1) is 12.4. The van der Waals surface area contributed by atoms with E-state index in [4.69, 9.17) is 4.74 Å². The average Bonchev–Trinajstić information content (AvgIpc) is 3.24. The van der Waals surface area contributed by atoms with Crippen LogP contribution in [0.5, 0.6) is 0 Å². The summed E-state index contributed by atoms with van der Waals surface area (Å²) in [5, 5.41) is 0. The number of benzene rings is 2. The highest BCUT2D eigenvalue weighted by Gasteiger charge is 2.34. The molecule has 1 nitrogen and oxygen atoms in total. The maximum atomic E-state index is 5.93. The Morgan fingerprint density at radius 1 is 0.520 bits per heavy atom. The highest BCUT2D eigenvalue weighted by atomic mass is 16.5. The van der Waals surface area contributed by atoms with E-state index >= 15 is 0 Å². The Kier molecular flexibility index (Phi) is 3.11. The predicted molar refractivity (Wildman–Crippen MR) is 97.4 cm³/mol. The normalized spacial score (nSPS) is 21.1. The topological polar surface area (TPSA) is 9.23 Å². The monoisotopic (exact) mass is 316 g/mol. The van der Waals surface area contributed by atoms with Gasteiger partial charge in [0.15, 0.2) is 0 Å². The molecule has 2 bridgehead atoms. The number of hydrogen-bond acceptors (Lipinski definition) is 1. The lowest BCUT2D eigenvalue weighted by Gasteiger charge is -2.03. The molecule has 2 atom stereocenters. The lowest BCUT2D eigenvalue weighted by Crippen LogP contribution is -2.02. The van der Waals surface area contributed by atoms with Gasteiger partial charge in [0.25, 0.3) is 0 Å². The lowest BCUT2D eigenvalue weighted by atomic mass is 9.96. The van der Waals surface area contributed by atoms with E-state index in [1.54, 1.807) is 0 Å². The molecular weight excluding hydrogens is 304 g/mol. The molecule has 5 rings (SSSR count). The van der Waals surface area contributed by atoms with Crippen molar-refractivity contribution >= 4 is 0 Å². The van der Waals surface area contributed by atoms with E-state index in [0.29, 0.717) is 0 Å². The quantitative estimate of drug-likeness (QED) is 0.534. The molecule has 2 aliphatic heterocycles. The maximum absolute atomic E-state index is 5.93. The first-order valence-electron chi connectivity index (χ1n) is 8.20. The Bertz CT molecular complexity index is 1060. The molecule has 2 aromatic rings. The summed E-state index contributed by atoms with van der Waals surface area (Å²) in [5.74, 6) is 19.6. The molecular formula is C24H12O. The predicted octanol–water partition coefficient (Wildman–Crippen LogP) is 3.44. The van der Waals surface area contributed by atoms with Gasteiger partial charge in [-0.3, -0.25) is 0 Å². The van der Waals surface area contributed by atoms with Crippen molar-refractivity contribution in [1.82, 2.24) is 0 Å². The van der Waals surface area contributed by atoms with Crippen LogP contribution in [0.2, 0.25) is 0 Å². The van der Waals surface area contributed by atoms with Gasteiger partial charge in [0.1, 0.15) is 12.2 Å². The van der Waals surface area contributed by atoms with Crippen LogP contribution in [-0.4, -0.2) is 12.2 Å². The number of fused-ring (bicyclic) bond motifs is 6. The van der Waals surface area contributed by atoms with Gasteiger partial charge in [-0.2, -0.15) is 0 Å². The smallest absolute Gasteiger partial charge is 0.111 e. The van der Waals surface area contributed by atoms with Gasteiger partial charge < -0.3 is 4.74 Å². The Labute approximate surface area is 147 Å². The summed E-state index contributed by atoms with van der Waals surface area (Å²) in [7, 11) is 0. The fourth-order valence-corrected chi connectivity index (χ4v) is 3.17. The summed E-state index contributed by atoms with van der Waals surface area (Å²) in [4.78, 5) is 0. The van der Waals surface area contributed by atoms with Gasteiger partial charge in [-0.25, -0.2) is 0 Å². The van der Waals surface area contributed by atoms with E-state index in [-0.39, 0.29) is 12.2 Å². The van der Waals surface area contributed by atoms with Crippen molar-refractivity contribution in [2.45, 2.75) is 12.2 Å². The number of rotatable bonds is 0. The molecule has 0 saturated carbocycles. The number of hydrogen-bond donors (Lipinski definition) is 0. The van der Waals surface area contributed by atoms with Gasteiger partial charge in [0.05, 0.1) is 0 Å². The molecule has 0 spiro atoms. The first-order valence-corrected chi connectivity index (χ1v) is 8.20. The van der Waals surface area contributed by atoms with E-state index in [1.807, 2.05) is 48.5 Å². The van der Waals surface area contributed by atoms with Gasteiger partial charge >= 0.3 is 0 Å². The molecule has 3 aliphatic rings. The highest BCUT2D eigenvalue weighted by Crippen LogP contribution is 2.33. The van der Waals surface area contributed by atoms with Crippen molar-refractivity contribution in [3.63, 3.8) is 0 Å². The van der Waals surface area contributed by atoms with E-state index in [2.05, 4.69) is 47.7 Å². The van der Waals surface area contributed by atoms with Crippen LogP contribution in [0.4, 0.5) is 0 Å². The lowest BCUT2D eigenvalue weighted by molar-refractivity contribution is 0.131. The summed E-state index contributed by atoms with van der Waals surface area (Å²) in [6, 6.07) is 16.0. The summed E-state index contributed by atoms with van der Waals surface area (Å²) >= 11 is 0. The minimum absolute atomic E-state index is 0.0711. The fourth-order valence-electron chi connectivity index (χ4n) is 3.17. The molecule has 1 heteroatoms. The molecule has 0 amide bonds. The summed E-state index contributed by atoms with van der Waals surface area (Å²) in [6.07, 6.45) is 3.98. The molecule has 114 valence electrons. The fraction of sp³-hybridized carbons (Fsp3) is 0.0833. The van der Waals surface area contributed by atoms with E-state index in [0.717, 1.165) is 33.4 Å². The van der Waals surface area contributed by atoms with Crippen LogP contribution in [0, 0.1) is 35.5 Å². The minimum atomic E-state index is -0.0711. The number of ether oxygens (including phenoxy) is 1. The average molecular weight is 316 g/mol. The van der Waals surface area contributed by atoms with Gasteiger partial charge in [0.2, 0.25) is 0 Å². The zero-order valence-corrected chi connectivity index (χ0v) is 13.3. The van der Waals surface area contributed by atoms with E-state index in [9.17, 15) is 0 Å². The molecule has 0 fully saturated rings. The zero-order chi connectivity index (χ0) is 16.6. The first kappa shape index (κ1) is 13.9. The van der Waals surface area contributed by atoms with Crippen molar-refractivity contribution in [3.8, 4) is 35.5 Å². The summed E-state index contributed by atoms with van der Waals surface area (Å²) in [6.45, 7) is 0. The Morgan fingerprint density at radius 2 is 0.880 bits per heavy atom. The van der Waals surface area contributed by atoms with Gasteiger partial charge in [-0.15, -0.1) is 0 Å². The third-order valence-corrected chi connectivity index (χ3v) is 4.46. The largest absolute Gasteiger partial charge is 0.356 e. The summed E-state index contributed by atoms with van der Waals surface area (Å²) in [5.41, 5.74) is 5.67. The molecule has 0 aromatic heterocycles. The Morgan fingerprint density at radius 3 is 1.28 bits per heavy atom. The van der Waals surface area contributed by atoms with Crippen molar-refractivity contribution < 1.29 is 4.74 Å². The third kappa shape index (κ3) is 2.38. The molecule has 0 N–H and O–H groups in total. The molecule has 0 radical (unpaired) electrons. The van der Waals surface area contributed by atoms with Gasteiger partial charge in [0, 0.05) is 33.4 Å². The van der Waals surface area contributed by atoms with Crippen molar-refractivity contribution in [2.75, 3.05) is 0 Å². The van der Waals surface area contributed by atoms with Crippen LogP contribution in [0.25, 0.3) is 0 Å².